The Hall–Kier alpha value is -3.36. The summed E-state index contributed by atoms with van der Waals surface area (Å²) in [5.41, 5.74) is 3.36. The maximum absolute atomic E-state index is 13.9. The van der Waals surface area contributed by atoms with Gasteiger partial charge in [-0.1, -0.05) is 78.7 Å². The van der Waals surface area contributed by atoms with E-state index in [-0.39, 0.29) is 37.4 Å². The first-order chi connectivity index (χ1) is 19.5. The quantitative estimate of drug-likeness (QED) is 0.256. The summed E-state index contributed by atoms with van der Waals surface area (Å²) in [5, 5.41) is 3.64. The van der Waals surface area contributed by atoms with E-state index in [1.165, 1.54) is 4.31 Å². The average molecular weight is 598 g/mol. The summed E-state index contributed by atoms with van der Waals surface area (Å²) in [7, 11) is -3.56. The summed E-state index contributed by atoms with van der Waals surface area (Å²) in [6.45, 7) is 6.23. The molecular formula is C32H40ClN3O4S. The van der Waals surface area contributed by atoms with Gasteiger partial charge in [-0.3, -0.25) is 13.9 Å². The van der Waals surface area contributed by atoms with Gasteiger partial charge in [-0.05, 0) is 62.1 Å². The SMILES string of the molecule is CC[C@@H](C)NC(=O)[C@H](Cc1ccccc1)N(Cc1ccc(Cl)cc1)C(=O)CCCN(c1ccc(C)cc1)S(C)(=O)=O. The molecule has 9 heteroatoms. The fourth-order valence-corrected chi connectivity index (χ4v) is 5.59. The molecule has 1 N–H and O–H groups in total. The average Bonchev–Trinajstić information content (AvgIpc) is 2.94. The number of benzene rings is 3. The van der Waals surface area contributed by atoms with Gasteiger partial charge in [0.2, 0.25) is 21.8 Å². The second kappa shape index (κ2) is 15.0. The second-order valence-electron chi connectivity index (χ2n) is 10.4. The molecule has 0 fully saturated rings. The van der Waals surface area contributed by atoms with E-state index in [4.69, 9.17) is 11.6 Å². The molecule has 3 rings (SSSR count). The third-order valence-corrected chi connectivity index (χ3v) is 8.46. The van der Waals surface area contributed by atoms with E-state index in [1.54, 1.807) is 29.2 Å². The molecule has 2 atom stereocenters. The fourth-order valence-electron chi connectivity index (χ4n) is 4.50. The van der Waals surface area contributed by atoms with Crippen LogP contribution in [0.25, 0.3) is 0 Å². The van der Waals surface area contributed by atoms with Crippen molar-refractivity contribution in [1.29, 1.82) is 0 Å². The second-order valence-corrected chi connectivity index (χ2v) is 12.8. The van der Waals surface area contributed by atoms with Crippen LogP contribution in [0.1, 0.15) is 49.8 Å². The van der Waals surface area contributed by atoms with Crippen molar-refractivity contribution in [3.63, 3.8) is 0 Å². The van der Waals surface area contributed by atoms with Gasteiger partial charge >= 0.3 is 0 Å². The Kier molecular flexibility index (Phi) is 11.8. The van der Waals surface area contributed by atoms with Crippen LogP contribution in [0.4, 0.5) is 5.69 Å². The molecule has 220 valence electrons. The standard InChI is InChI=1S/C32H40ClN3O4S/c1-5-25(3)34-32(38)30(22-26-10-7-6-8-11-26)35(23-27-15-17-28(33)18-16-27)31(37)12-9-21-36(41(4,39)40)29-19-13-24(2)14-20-29/h6-8,10-11,13-20,25,30H,5,9,12,21-23H2,1-4H3,(H,34,38)/t25-,30+/m1/s1. The Balaban J connectivity index is 1.88. The van der Waals surface area contributed by atoms with E-state index in [0.29, 0.717) is 23.6 Å². The normalized spacial score (nSPS) is 12.8. The van der Waals surface area contributed by atoms with Crippen molar-refractivity contribution in [3.05, 3.63) is 101 Å². The summed E-state index contributed by atoms with van der Waals surface area (Å²) >= 11 is 6.10. The lowest BCUT2D eigenvalue weighted by atomic mass is 10.0. The number of anilines is 1. The number of sulfonamides is 1. The predicted molar refractivity (Wildman–Crippen MR) is 166 cm³/mol. The number of nitrogens with one attached hydrogen (secondary N) is 1. The summed E-state index contributed by atoms with van der Waals surface area (Å²) in [6, 6.07) is 23.3. The first-order valence-corrected chi connectivity index (χ1v) is 16.1. The third kappa shape index (κ3) is 9.90. The minimum Gasteiger partial charge on any atom is -0.352 e. The largest absolute Gasteiger partial charge is 0.352 e. The van der Waals surface area contributed by atoms with Crippen molar-refractivity contribution >= 4 is 39.1 Å². The number of halogens is 1. The molecule has 0 radical (unpaired) electrons. The zero-order valence-electron chi connectivity index (χ0n) is 24.2. The summed E-state index contributed by atoms with van der Waals surface area (Å²) < 4.78 is 26.5. The number of nitrogens with zero attached hydrogens (tertiary/aromatic N) is 2. The zero-order chi connectivity index (χ0) is 30.0. The van der Waals surface area contributed by atoms with E-state index in [2.05, 4.69) is 5.32 Å². The lowest BCUT2D eigenvalue weighted by Crippen LogP contribution is -2.52. The van der Waals surface area contributed by atoms with E-state index in [1.807, 2.05) is 75.4 Å². The van der Waals surface area contributed by atoms with Crippen molar-refractivity contribution in [3.8, 4) is 0 Å². The van der Waals surface area contributed by atoms with Crippen LogP contribution in [0.5, 0.6) is 0 Å². The van der Waals surface area contributed by atoms with Crippen LogP contribution in [0.3, 0.4) is 0 Å². The first-order valence-electron chi connectivity index (χ1n) is 13.9. The molecule has 0 saturated heterocycles. The van der Waals surface area contributed by atoms with Crippen LogP contribution in [-0.2, 0) is 32.6 Å². The molecule has 3 aromatic rings. The maximum atomic E-state index is 13.9. The van der Waals surface area contributed by atoms with Crippen molar-refractivity contribution in [2.75, 3.05) is 17.1 Å². The van der Waals surface area contributed by atoms with Gasteiger partial charge in [-0.15, -0.1) is 0 Å². The highest BCUT2D eigenvalue weighted by Gasteiger charge is 2.31. The lowest BCUT2D eigenvalue weighted by molar-refractivity contribution is -0.141. The van der Waals surface area contributed by atoms with Gasteiger partial charge in [-0.25, -0.2) is 8.42 Å². The molecule has 7 nitrogen and oxygen atoms in total. The number of hydrogen-bond acceptors (Lipinski definition) is 4. The van der Waals surface area contributed by atoms with Crippen molar-refractivity contribution in [2.45, 2.75) is 65.1 Å². The number of carbonyl (C=O) groups is 2. The topological polar surface area (TPSA) is 86.8 Å². The smallest absolute Gasteiger partial charge is 0.243 e. The molecule has 0 aromatic heterocycles. The Morgan fingerprint density at radius 3 is 2.15 bits per heavy atom. The molecule has 0 spiro atoms. The van der Waals surface area contributed by atoms with Gasteiger partial charge in [0.05, 0.1) is 11.9 Å². The molecule has 0 aliphatic heterocycles. The molecule has 0 aliphatic carbocycles. The van der Waals surface area contributed by atoms with E-state index in [0.717, 1.165) is 29.4 Å². The van der Waals surface area contributed by atoms with Gasteiger partial charge in [0, 0.05) is 37.0 Å². The Bertz CT molecular complexity index is 1380. The van der Waals surface area contributed by atoms with Crippen LogP contribution in [0, 0.1) is 6.92 Å². The van der Waals surface area contributed by atoms with Gasteiger partial charge in [0.1, 0.15) is 6.04 Å². The van der Waals surface area contributed by atoms with Crippen molar-refractivity contribution in [2.24, 2.45) is 0 Å². The highest BCUT2D eigenvalue weighted by Crippen LogP contribution is 2.21. The van der Waals surface area contributed by atoms with E-state index < -0.39 is 16.1 Å². The molecule has 0 bridgehead atoms. The van der Waals surface area contributed by atoms with E-state index >= 15 is 0 Å². The van der Waals surface area contributed by atoms with Crippen LogP contribution < -0.4 is 9.62 Å². The molecule has 0 heterocycles. The maximum Gasteiger partial charge on any atom is 0.243 e. The monoisotopic (exact) mass is 597 g/mol. The molecule has 0 unspecified atom stereocenters. The van der Waals surface area contributed by atoms with Gasteiger partial charge in [-0.2, -0.15) is 0 Å². The predicted octanol–water partition coefficient (Wildman–Crippen LogP) is 5.75. The summed E-state index contributed by atoms with van der Waals surface area (Å²) in [4.78, 5) is 29.1. The molecule has 0 saturated carbocycles. The highest BCUT2D eigenvalue weighted by atomic mass is 35.5. The first kappa shape index (κ1) is 32.2. The zero-order valence-corrected chi connectivity index (χ0v) is 25.8. The van der Waals surface area contributed by atoms with Crippen LogP contribution in [0.2, 0.25) is 5.02 Å². The summed E-state index contributed by atoms with van der Waals surface area (Å²) in [6.07, 6.45) is 2.64. The molecule has 0 aliphatic rings. The number of aryl methyl sites for hydroxylation is 1. The minimum atomic E-state index is -3.56. The van der Waals surface area contributed by atoms with E-state index in [9.17, 15) is 18.0 Å². The third-order valence-electron chi connectivity index (χ3n) is 7.01. The van der Waals surface area contributed by atoms with Crippen molar-refractivity contribution < 1.29 is 18.0 Å². The van der Waals surface area contributed by atoms with Crippen LogP contribution >= 0.6 is 11.6 Å². The number of amides is 2. The Morgan fingerprint density at radius 2 is 1.56 bits per heavy atom. The summed E-state index contributed by atoms with van der Waals surface area (Å²) in [5.74, 6) is -0.444. The lowest BCUT2D eigenvalue weighted by Gasteiger charge is -2.32. The minimum absolute atomic E-state index is 0.0499. The number of carbonyl (C=O) groups excluding carboxylic acids is 2. The van der Waals surface area contributed by atoms with Gasteiger partial charge in [0.25, 0.3) is 0 Å². The van der Waals surface area contributed by atoms with Crippen LogP contribution in [-0.4, -0.2) is 50.0 Å². The molecular weight excluding hydrogens is 558 g/mol. The highest BCUT2D eigenvalue weighted by molar-refractivity contribution is 7.92. The molecule has 2 amide bonds. The van der Waals surface area contributed by atoms with Gasteiger partial charge in [0.15, 0.2) is 0 Å². The fraction of sp³-hybridized carbons (Fsp3) is 0.375. The number of hydrogen-bond donors (Lipinski definition) is 1. The molecule has 41 heavy (non-hydrogen) atoms. The van der Waals surface area contributed by atoms with Crippen LogP contribution in [0.15, 0.2) is 78.9 Å². The Morgan fingerprint density at radius 1 is 0.927 bits per heavy atom. The van der Waals surface area contributed by atoms with Crippen molar-refractivity contribution in [1.82, 2.24) is 10.2 Å². The molecule has 3 aromatic carbocycles. The Labute approximate surface area is 249 Å². The number of rotatable bonds is 14. The van der Waals surface area contributed by atoms with Gasteiger partial charge < -0.3 is 10.2 Å².